The maximum atomic E-state index is 6.30. The number of hydrogen-bond donors (Lipinski definition) is 0. The average molecular weight is 499 g/mol. The second-order valence-electron chi connectivity index (χ2n) is 7.05. The van der Waals surface area contributed by atoms with Crippen LogP contribution in [0.1, 0.15) is 47.0 Å². The van der Waals surface area contributed by atoms with E-state index in [2.05, 4.69) is 75.5 Å². The first-order chi connectivity index (χ1) is 12.1. The van der Waals surface area contributed by atoms with E-state index < -0.39 is 32.7 Å². The van der Waals surface area contributed by atoms with Crippen molar-refractivity contribution < 1.29 is 51.0 Å². The van der Waals surface area contributed by atoms with E-state index in [1.165, 1.54) is 40.7 Å². The fourth-order valence-corrected chi connectivity index (χ4v) is 8.77. The van der Waals surface area contributed by atoms with Crippen molar-refractivity contribution in [2.45, 2.75) is 49.8 Å². The van der Waals surface area contributed by atoms with Crippen LogP contribution in [0.15, 0.2) is 48.0 Å². The van der Waals surface area contributed by atoms with Crippen LogP contribution in [0.25, 0.3) is 17.2 Å². The van der Waals surface area contributed by atoms with Crippen LogP contribution < -0.4 is 24.8 Å². The largest absolute Gasteiger partial charge is 1.00 e. The molecule has 1 aliphatic carbocycles. The number of aryl methyl sites for hydroxylation is 1. The molecule has 2 aromatic carbocycles. The molecule has 27 heavy (non-hydrogen) atoms. The molecule has 0 heterocycles. The van der Waals surface area contributed by atoms with Crippen LogP contribution in [0.5, 0.6) is 0 Å². The van der Waals surface area contributed by atoms with Crippen molar-refractivity contribution in [2.24, 2.45) is 0 Å². The zero-order chi connectivity index (χ0) is 17.8. The van der Waals surface area contributed by atoms with Crippen LogP contribution in [0.4, 0.5) is 0 Å². The molecule has 1 nitrogen and oxygen atoms in total. The maximum Gasteiger partial charge on any atom is -1.00 e. The third kappa shape index (κ3) is 5.90. The predicted octanol–water partition coefficient (Wildman–Crippen LogP) is 0.160. The van der Waals surface area contributed by atoms with Crippen LogP contribution >= 0.6 is 0 Å². The van der Waals surface area contributed by atoms with E-state index in [1.54, 1.807) is 5.57 Å². The van der Waals surface area contributed by atoms with E-state index in [4.69, 9.17) is 2.50 Å². The van der Waals surface area contributed by atoms with Crippen molar-refractivity contribution >= 4 is 15.1 Å². The SMILES string of the molecule is CCCC1=Cc2c(-c3ccc(CC)cc3)cccc2[CH]1[Zr+2][O][SiH](C)C.[Cl-].[Cl-]. The van der Waals surface area contributed by atoms with Gasteiger partial charge < -0.3 is 24.8 Å². The number of allylic oxidation sites excluding steroid dienone is 1. The van der Waals surface area contributed by atoms with Gasteiger partial charge in [0.05, 0.1) is 0 Å². The molecule has 0 spiro atoms. The molecule has 1 aliphatic rings. The molecule has 0 amide bonds. The van der Waals surface area contributed by atoms with Crippen LogP contribution in [0.2, 0.25) is 13.1 Å². The summed E-state index contributed by atoms with van der Waals surface area (Å²) in [5.74, 6) is 0. The quantitative estimate of drug-likeness (QED) is 0.495. The van der Waals surface area contributed by atoms with E-state index in [0.717, 1.165) is 6.42 Å². The number of fused-ring (bicyclic) bond motifs is 1. The first-order valence-corrected chi connectivity index (χ1v) is 14.7. The monoisotopic (exact) mass is 496 g/mol. The van der Waals surface area contributed by atoms with Gasteiger partial charge in [0.2, 0.25) is 0 Å². The fourth-order valence-electron chi connectivity index (χ4n) is 3.48. The Kier molecular flexibility index (Phi) is 10.8. The normalized spacial score (nSPS) is 14.7. The summed E-state index contributed by atoms with van der Waals surface area (Å²) >= 11 is -0.862. The molecule has 0 aromatic heterocycles. The number of rotatable bonds is 7. The van der Waals surface area contributed by atoms with Gasteiger partial charge in [0.25, 0.3) is 0 Å². The number of halogens is 2. The maximum absolute atomic E-state index is 6.30. The Hall–Kier alpha value is -0.180. The molecule has 1 unspecified atom stereocenters. The number of hydrogen-bond acceptors (Lipinski definition) is 1. The molecule has 0 saturated heterocycles. The minimum Gasteiger partial charge on any atom is -1.00 e. The molecule has 3 rings (SSSR count). The van der Waals surface area contributed by atoms with Gasteiger partial charge in [-0.1, -0.05) is 0 Å². The Morgan fingerprint density at radius 2 is 1.70 bits per heavy atom. The molecule has 5 heteroatoms. The summed E-state index contributed by atoms with van der Waals surface area (Å²) in [7, 11) is -0.921. The van der Waals surface area contributed by atoms with Crippen molar-refractivity contribution in [2.75, 3.05) is 0 Å². The average Bonchev–Trinajstić information content (AvgIpc) is 2.97. The Morgan fingerprint density at radius 1 is 1.00 bits per heavy atom. The van der Waals surface area contributed by atoms with Gasteiger partial charge >= 0.3 is 167 Å². The summed E-state index contributed by atoms with van der Waals surface area (Å²) in [5, 5.41) is 0. The second kappa shape index (κ2) is 11.7. The summed E-state index contributed by atoms with van der Waals surface area (Å²) in [5.41, 5.74) is 8.73. The summed E-state index contributed by atoms with van der Waals surface area (Å²) in [4.78, 5) is 0. The van der Waals surface area contributed by atoms with Gasteiger partial charge in [-0.05, 0) is 0 Å². The fraction of sp³-hybridized carbons (Fsp3) is 0.364. The zero-order valence-electron chi connectivity index (χ0n) is 16.6. The summed E-state index contributed by atoms with van der Waals surface area (Å²) < 4.78 is 6.92. The van der Waals surface area contributed by atoms with Gasteiger partial charge in [-0.3, -0.25) is 0 Å². The molecule has 0 aliphatic heterocycles. The van der Waals surface area contributed by atoms with Crippen LogP contribution in [-0.4, -0.2) is 9.04 Å². The van der Waals surface area contributed by atoms with E-state index in [0.29, 0.717) is 3.63 Å². The molecule has 0 N–H and O–H groups in total. The third-order valence-electron chi connectivity index (χ3n) is 4.78. The van der Waals surface area contributed by atoms with Crippen molar-refractivity contribution in [3.8, 4) is 11.1 Å². The van der Waals surface area contributed by atoms with E-state index in [1.807, 2.05) is 0 Å². The Bertz CT molecular complexity index is 759. The first-order valence-electron chi connectivity index (χ1n) is 9.47. The Balaban J connectivity index is 0.00000182. The van der Waals surface area contributed by atoms with Gasteiger partial charge in [-0.2, -0.15) is 0 Å². The van der Waals surface area contributed by atoms with E-state index in [9.17, 15) is 0 Å². The van der Waals surface area contributed by atoms with E-state index >= 15 is 0 Å². The topological polar surface area (TPSA) is 9.23 Å². The third-order valence-corrected chi connectivity index (χ3v) is 12.1. The van der Waals surface area contributed by atoms with Crippen molar-refractivity contribution in [3.05, 3.63) is 64.7 Å². The molecule has 144 valence electrons. The second-order valence-corrected chi connectivity index (χ2v) is 13.1. The Morgan fingerprint density at radius 3 is 2.30 bits per heavy atom. The molecule has 0 radical (unpaired) electrons. The summed E-state index contributed by atoms with van der Waals surface area (Å²) in [6.45, 7) is 9.09. The van der Waals surface area contributed by atoms with Gasteiger partial charge in [0, 0.05) is 0 Å². The minimum atomic E-state index is -0.921. The van der Waals surface area contributed by atoms with Gasteiger partial charge in [0.15, 0.2) is 0 Å². The molecular weight excluding hydrogens is 470 g/mol. The van der Waals surface area contributed by atoms with Crippen LogP contribution in [0, 0.1) is 0 Å². The first kappa shape index (κ1) is 24.9. The minimum absolute atomic E-state index is 0. The summed E-state index contributed by atoms with van der Waals surface area (Å²) in [6, 6.07) is 16.0. The van der Waals surface area contributed by atoms with Crippen molar-refractivity contribution in [3.63, 3.8) is 0 Å². The van der Waals surface area contributed by atoms with Crippen LogP contribution in [0.3, 0.4) is 0 Å². The molecule has 2 aromatic rings. The van der Waals surface area contributed by atoms with Gasteiger partial charge in [0.1, 0.15) is 0 Å². The molecule has 0 fully saturated rings. The predicted molar refractivity (Wildman–Crippen MR) is 107 cm³/mol. The molecular formula is C22H28Cl2OSiZr. The van der Waals surface area contributed by atoms with Crippen molar-refractivity contribution in [1.29, 1.82) is 0 Å². The van der Waals surface area contributed by atoms with E-state index in [-0.39, 0.29) is 24.8 Å². The number of benzene rings is 2. The molecule has 0 bridgehead atoms. The van der Waals surface area contributed by atoms with Gasteiger partial charge in [-0.25, -0.2) is 0 Å². The van der Waals surface area contributed by atoms with Crippen molar-refractivity contribution in [1.82, 2.24) is 0 Å². The Labute approximate surface area is 190 Å². The van der Waals surface area contributed by atoms with Gasteiger partial charge in [-0.15, -0.1) is 0 Å². The molecule has 0 saturated carbocycles. The smallest absolute Gasteiger partial charge is 1.00 e. The van der Waals surface area contributed by atoms with Crippen LogP contribution in [-0.2, 0) is 32.6 Å². The standard InChI is InChI=1S/C20H21.C2H7OSi.2ClH.Zr/c1-3-6-16-13-18-7-5-8-19(20(18)14-16)17-11-9-15(4-2)10-12-17;1-4(2)3;;;/h5,7-14H,3-4,6H2,1-2H3;4H,1-2H3;2*1H;/q;-1;;;+3/p-2. The molecule has 1 atom stereocenters. The zero-order valence-corrected chi connectivity index (χ0v) is 21.7. The summed E-state index contributed by atoms with van der Waals surface area (Å²) in [6.07, 6.45) is 6.00.